The molecule has 0 N–H and O–H groups in total. The summed E-state index contributed by atoms with van der Waals surface area (Å²) < 4.78 is 45.6. The summed E-state index contributed by atoms with van der Waals surface area (Å²) in [7, 11) is 0. The average molecular weight is 543 g/mol. The Labute approximate surface area is 220 Å². The molecule has 2 rings (SSSR count). The standard InChI is InChI=1S/C25H34FNO11/c1-23(2,3)35-20(29)33-17-11-14(15(26)12-18(17)34-21(30)36-24(4,5)6)10-16-19(28)32-13-27(16)38-22(31)37-25(7,8)9/h11-12,16H,10,13H2,1-9H3/t16-/m0/s1/i26-1. The Kier molecular flexibility index (Phi) is 9.20. The zero-order valence-corrected chi connectivity index (χ0v) is 23.0. The van der Waals surface area contributed by atoms with Crippen LogP contribution in [0.1, 0.15) is 67.9 Å². The first-order chi connectivity index (χ1) is 17.2. The lowest BCUT2D eigenvalue weighted by Crippen LogP contribution is -2.38. The zero-order valence-electron chi connectivity index (χ0n) is 23.0. The van der Waals surface area contributed by atoms with Crippen molar-refractivity contribution in [2.75, 3.05) is 6.73 Å². The van der Waals surface area contributed by atoms with Crippen molar-refractivity contribution in [2.24, 2.45) is 0 Å². The van der Waals surface area contributed by atoms with Crippen molar-refractivity contribution >= 4 is 24.4 Å². The van der Waals surface area contributed by atoms with Gasteiger partial charge in [0.1, 0.15) is 22.6 Å². The first kappa shape index (κ1) is 30.6. The van der Waals surface area contributed by atoms with Crippen LogP contribution >= 0.6 is 0 Å². The lowest BCUT2D eigenvalue weighted by Gasteiger charge is -2.23. The molecule has 0 spiro atoms. The van der Waals surface area contributed by atoms with Crippen LogP contribution in [-0.2, 0) is 35.0 Å². The lowest BCUT2D eigenvalue weighted by molar-refractivity contribution is -0.162. The maximum Gasteiger partial charge on any atom is 0.528 e. The molecular formula is C25H34FNO11. The first-order valence-electron chi connectivity index (χ1n) is 11.7. The van der Waals surface area contributed by atoms with Gasteiger partial charge in [0.15, 0.2) is 24.3 Å². The average Bonchev–Trinajstić information content (AvgIpc) is 3.00. The normalized spacial score (nSPS) is 16.4. The molecule has 1 atom stereocenters. The van der Waals surface area contributed by atoms with Crippen LogP contribution in [0.15, 0.2) is 12.1 Å². The van der Waals surface area contributed by atoms with Gasteiger partial charge in [-0.1, -0.05) is 5.06 Å². The van der Waals surface area contributed by atoms with Gasteiger partial charge in [0.2, 0.25) is 0 Å². The van der Waals surface area contributed by atoms with E-state index in [2.05, 4.69) is 0 Å². The van der Waals surface area contributed by atoms with Crippen molar-refractivity contribution in [3.8, 4) is 11.5 Å². The highest BCUT2D eigenvalue weighted by molar-refractivity contribution is 5.78. The van der Waals surface area contributed by atoms with Gasteiger partial charge < -0.3 is 33.3 Å². The summed E-state index contributed by atoms with van der Waals surface area (Å²) in [6.07, 6.45) is -3.78. The second kappa shape index (κ2) is 11.4. The van der Waals surface area contributed by atoms with Gasteiger partial charge in [0.05, 0.1) is 0 Å². The van der Waals surface area contributed by atoms with E-state index in [1.54, 1.807) is 62.3 Å². The molecule has 0 saturated carbocycles. The first-order valence-corrected chi connectivity index (χ1v) is 11.7. The van der Waals surface area contributed by atoms with Gasteiger partial charge in [-0.3, -0.25) is 4.79 Å². The Hall–Kier alpha value is -3.61. The number of hydroxylamine groups is 2. The van der Waals surface area contributed by atoms with E-state index in [0.717, 1.165) is 17.2 Å². The number of ether oxygens (including phenoxy) is 6. The van der Waals surface area contributed by atoms with E-state index in [4.69, 9.17) is 33.3 Å². The van der Waals surface area contributed by atoms with Crippen LogP contribution in [0.5, 0.6) is 11.5 Å². The van der Waals surface area contributed by atoms with Gasteiger partial charge >= 0.3 is 24.4 Å². The number of carbonyl (C=O) groups excluding carboxylic acids is 4. The molecule has 12 nitrogen and oxygen atoms in total. The molecule has 13 heteroatoms. The van der Waals surface area contributed by atoms with E-state index in [9.17, 15) is 19.2 Å². The number of rotatable bonds is 5. The Bertz CT molecular complexity index is 1070. The Morgan fingerprint density at radius 2 is 1.29 bits per heavy atom. The molecule has 1 aliphatic rings. The molecule has 1 aromatic carbocycles. The Morgan fingerprint density at radius 3 is 1.76 bits per heavy atom. The van der Waals surface area contributed by atoms with E-state index < -0.39 is 65.6 Å². The molecule has 1 heterocycles. The monoisotopic (exact) mass is 542 g/mol. The summed E-state index contributed by atoms with van der Waals surface area (Å²) in [5, 5.41) is 0.898. The molecule has 0 aromatic heterocycles. The molecule has 38 heavy (non-hydrogen) atoms. The number of cyclic esters (lactones) is 1. The van der Waals surface area contributed by atoms with Crippen LogP contribution < -0.4 is 9.47 Å². The van der Waals surface area contributed by atoms with Gasteiger partial charge in [-0.15, -0.1) is 0 Å². The molecule has 0 bridgehead atoms. The summed E-state index contributed by atoms with van der Waals surface area (Å²) in [5.41, 5.74) is -2.84. The topological polar surface area (TPSA) is 136 Å². The largest absolute Gasteiger partial charge is 0.528 e. The highest BCUT2D eigenvalue weighted by atomic mass is 18.2. The fourth-order valence-corrected chi connectivity index (χ4v) is 2.89. The number of hydrogen-bond donors (Lipinski definition) is 0. The SMILES string of the molecule is CC(C)(C)OC(=O)Oc1cc([18F])c(C[C@H]2C(=O)OCN2OC(=O)OC(C)(C)C)cc1OC(=O)OC(C)(C)C. The molecule has 212 valence electrons. The molecule has 0 unspecified atom stereocenters. The molecule has 0 aliphatic carbocycles. The van der Waals surface area contributed by atoms with Crippen molar-refractivity contribution in [1.29, 1.82) is 0 Å². The van der Waals surface area contributed by atoms with Crippen LogP contribution in [0.4, 0.5) is 18.8 Å². The van der Waals surface area contributed by atoms with Crippen LogP contribution in [-0.4, -0.2) is 59.1 Å². The maximum atomic E-state index is 15.1. The number of nitrogens with zero attached hydrogens (tertiary/aromatic N) is 1. The molecule has 0 amide bonds. The molecular weight excluding hydrogens is 508 g/mol. The zero-order chi connectivity index (χ0) is 29.1. The van der Waals surface area contributed by atoms with Crippen LogP contribution in [0.3, 0.4) is 0 Å². The molecule has 1 aromatic rings. The number of esters is 1. The highest BCUT2D eigenvalue weighted by Gasteiger charge is 2.39. The summed E-state index contributed by atoms with van der Waals surface area (Å²) in [6.45, 7) is 14.1. The van der Waals surface area contributed by atoms with Crippen LogP contribution in [0, 0.1) is 5.82 Å². The van der Waals surface area contributed by atoms with Gasteiger partial charge in [0.25, 0.3) is 0 Å². The predicted octanol–water partition coefficient (Wildman–Crippen LogP) is 5.05. The quantitative estimate of drug-likeness (QED) is 0.280. The maximum absolute atomic E-state index is 15.1. The summed E-state index contributed by atoms with van der Waals surface area (Å²) in [6, 6.07) is 0.596. The van der Waals surface area contributed by atoms with Gasteiger partial charge in [-0.2, -0.15) is 0 Å². The van der Waals surface area contributed by atoms with E-state index in [1.165, 1.54) is 0 Å². The van der Waals surface area contributed by atoms with E-state index in [-0.39, 0.29) is 17.7 Å². The van der Waals surface area contributed by atoms with Crippen molar-refractivity contribution in [1.82, 2.24) is 5.06 Å². The summed E-state index contributed by atoms with van der Waals surface area (Å²) in [5.74, 6) is -2.57. The summed E-state index contributed by atoms with van der Waals surface area (Å²) in [4.78, 5) is 54.0. The van der Waals surface area contributed by atoms with Gasteiger partial charge in [-0.25, -0.2) is 18.8 Å². The van der Waals surface area contributed by atoms with Gasteiger partial charge in [0, 0.05) is 12.5 Å². The number of halogens is 1. The minimum Gasteiger partial charge on any atom is -0.445 e. The summed E-state index contributed by atoms with van der Waals surface area (Å²) >= 11 is 0. The molecule has 0 radical (unpaired) electrons. The van der Waals surface area contributed by atoms with E-state index in [1.807, 2.05) is 0 Å². The highest BCUT2D eigenvalue weighted by Crippen LogP contribution is 2.33. The lowest BCUT2D eigenvalue weighted by atomic mass is 10.0. The molecule has 1 saturated heterocycles. The minimum atomic E-state index is -1.25. The van der Waals surface area contributed by atoms with Crippen molar-refractivity contribution in [3.63, 3.8) is 0 Å². The second-order valence-electron chi connectivity index (χ2n) is 11.3. The predicted molar refractivity (Wildman–Crippen MR) is 128 cm³/mol. The van der Waals surface area contributed by atoms with E-state index >= 15 is 4.39 Å². The second-order valence-corrected chi connectivity index (χ2v) is 11.3. The van der Waals surface area contributed by atoms with Crippen molar-refractivity contribution in [3.05, 3.63) is 23.5 Å². The fourth-order valence-electron chi connectivity index (χ4n) is 2.89. The number of benzene rings is 1. The van der Waals surface area contributed by atoms with Crippen molar-refractivity contribution < 1.29 is 56.8 Å². The fraction of sp³-hybridized carbons (Fsp3) is 0.600. The van der Waals surface area contributed by atoms with Crippen molar-refractivity contribution in [2.45, 2.75) is 91.6 Å². The number of carbonyl (C=O) groups is 4. The van der Waals surface area contributed by atoms with E-state index in [0.29, 0.717) is 0 Å². The molecule has 1 fully saturated rings. The Balaban J connectivity index is 2.34. The van der Waals surface area contributed by atoms with Gasteiger partial charge in [-0.05, 0) is 73.9 Å². The van der Waals surface area contributed by atoms with Crippen LogP contribution in [0.25, 0.3) is 0 Å². The Morgan fingerprint density at radius 1 is 0.842 bits per heavy atom. The van der Waals surface area contributed by atoms with Crippen LogP contribution in [0.2, 0.25) is 0 Å². The number of hydrogen-bond acceptors (Lipinski definition) is 12. The molecule has 1 aliphatic heterocycles. The third-order valence-electron chi connectivity index (χ3n) is 4.23. The smallest absolute Gasteiger partial charge is 0.445 e. The minimum absolute atomic E-state index is 0.151. The third-order valence-corrected chi connectivity index (χ3v) is 4.23. The third kappa shape index (κ3) is 10.0.